The van der Waals surface area contributed by atoms with Crippen LogP contribution in [-0.4, -0.2) is 48.1 Å². The van der Waals surface area contributed by atoms with Gasteiger partial charge in [0.15, 0.2) is 4.77 Å². The van der Waals surface area contributed by atoms with Crippen LogP contribution < -0.4 is 10.2 Å². The van der Waals surface area contributed by atoms with E-state index in [1.54, 1.807) is 0 Å². The molecular weight excluding hydrogens is 234 g/mol. The Balaban J connectivity index is 1.95. The molecule has 1 saturated heterocycles. The Kier molecular flexibility index (Phi) is 2.85. The van der Waals surface area contributed by atoms with E-state index in [9.17, 15) is 0 Å². The summed E-state index contributed by atoms with van der Waals surface area (Å²) in [6.45, 7) is 6.03. The minimum Gasteiger partial charge on any atom is -0.354 e. The molecule has 0 atom stereocenters. The van der Waals surface area contributed by atoms with Crippen molar-refractivity contribution in [1.82, 2.24) is 20.2 Å². The maximum Gasteiger partial charge on any atom is 0.199 e. The van der Waals surface area contributed by atoms with Gasteiger partial charge in [0.1, 0.15) is 5.82 Å². The van der Waals surface area contributed by atoms with Gasteiger partial charge in [0.05, 0.1) is 0 Å². The molecule has 0 radical (unpaired) electrons. The van der Waals surface area contributed by atoms with E-state index in [4.69, 9.17) is 12.2 Å². The maximum absolute atomic E-state index is 5.20. The van der Waals surface area contributed by atoms with Crippen molar-refractivity contribution >= 4 is 18.0 Å². The number of H-pyrrole nitrogens is 1. The molecule has 0 saturated carbocycles. The number of anilines is 1. The number of piperazine rings is 1. The zero-order chi connectivity index (χ0) is 11.8. The smallest absolute Gasteiger partial charge is 0.199 e. The average Bonchev–Trinajstić information content (AvgIpc) is 2.77. The minimum absolute atomic E-state index is 0.598. The van der Waals surface area contributed by atoms with E-state index in [0.717, 1.165) is 45.1 Å². The first-order chi connectivity index (χ1) is 8.24. The fourth-order valence-corrected chi connectivity index (χ4v) is 2.67. The Bertz CT molecular complexity index is 475. The predicted octanol–water partition coefficient (Wildman–Crippen LogP) is 0.494. The number of likely N-dealkylation sites (N-methyl/N-ethyl adjacent to an activating group) is 1. The fourth-order valence-electron chi connectivity index (χ4n) is 2.46. The molecule has 1 aromatic heterocycles. The fraction of sp³-hybridized carbons (Fsp3) is 0.636. The van der Waals surface area contributed by atoms with Gasteiger partial charge in [-0.25, -0.2) is 4.98 Å². The zero-order valence-electron chi connectivity index (χ0n) is 9.99. The van der Waals surface area contributed by atoms with Crippen LogP contribution in [0.25, 0.3) is 0 Å². The summed E-state index contributed by atoms with van der Waals surface area (Å²) in [7, 11) is 2.16. The van der Waals surface area contributed by atoms with Crippen LogP contribution in [0.2, 0.25) is 0 Å². The van der Waals surface area contributed by atoms with Gasteiger partial charge in [0.25, 0.3) is 0 Å². The van der Waals surface area contributed by atoms with Gasteiger partial charge in [-0.2, -0.15) is 0 Å². The highest BCUT2D eigenvalue weighted by Crippen LogP contribution is 2.24. The van der Waals surface area contributed by atoms with Crippen LogP contribution in [-0.2, 0) is 13.1 Å². The van der Waals surface area contributed by atoms with E-state index < -0.39 is 0 Å². The largest absolute Gasteiger partial charge is 0.354 e. The third kappa shape index (κ3) is 2.08. The molecule has 17 heavy (non-hydrogen) atoms. The van der Waals surface area contributed by atoms with E-state index in [1.807, 2.05) is 0 Å². The number of aromatic amines is 1. The molecule has 1 aromatic rings. The normalized spacial score (nSPS) is 20.6. The van der Waals surface area contributed by atoms with Gasteiger partial charge >= 0.3 is 0 Å². The molecule has 3 heterocycles. The van der Waals surface area contributed by atoms with Crippen molar-refractivity contribution in [1.29, 1.82) is 0 Å². The molecule has 2 N–H and O–H groups in total. The molecule has 5 nitrogen and oxygen atoms in total. The topological polar surface area (TPSA) is 47.2 Å². The second-order valence-electron chi connectivity index (χ2n) is 4.72. The van der Waals surface area contributed by atoms with Crippen LogP contribution in [0.5, 0.6) is 0 Å². The summed E-state index contributed by atoms with van der Waals surface area (Å²) in [4.78, 5) is 12.4. The number of nitrogens with zero attached hydrogens (tertiary/aromatic N) is 3. The van der Waals surface area contributed by atoms with Crippen LogP contribution in [0.1, 0.15) is 11.3 Å². The minimum atomic E-state index is 0.598. The molecule has 6 heteroatoms. The van der Waals surface area contributed by atoms with Gasteiger partial charge < -0.3 is 20.1 Å². The quantitative estimate of drug-likeness (QED) is 0.712. The molecule has 0 unspecified atom stereocenters. The Hall–Kier alpha value is -0.980. The first-order valence-corrected chi connectivity index (χ1v) is 6.41. The molecule has 3 rings (SSSR count). The summed E-state index contributed by atoms with van der Waals surface area (Å²) in [6, 6.07) is 0. The van der Waals surface area contributed by atoms with Crippen molar-refractivity contribution in [3.8, 4) is 0 Å². The lowest BCUT2D eigenvalue weighted by Gasteiger charge is -2.34. The van der Waals surface area contributed by atoms with Gasteiger partial charge in [-0.3, -0.25) is 0 Å². The van der Waals surface area contributed by atoms with Crippen molar-refractivity contribution < 1.29 is 0 Å². The standard InChI is InChI=1S/C11H17N5S/c1-15-2-4-16(5-3-15)10-8-6-12-7-9(8)13-11(17)14-10/h12H,2-7H2,1H3,(H,13,14,17). The van der Waals surface area contributed by atoms with E-state index in [1.165, 1.54) is 11.3 Å². The predicted molar refractivity (Wildman–Crippen MR) is 69.7 cm³/mol. The Labute approximate surface area is 106 Å². The number of hydrogen-bond donors (Lipinski definition) is 2. The second-order valence-corrected chi connectivity index (χ2v) is 5.10. The molecule has 0 aliphatic carbocycles. The zero-order valence-corrected chi connectivity index (χ0v) is 10.8. The van der Waals surface area contributed by atoms with Gasteiger partial charge in [-0.15, -0.1) is 0 Å². The Morgan fingerprint density at radius 2 is 1.94 bits per heavy atom. The number of aromatic nitrogens is 2. The SMILES string of the molecule is CN1CCN(c2nc(=S)[nH]c3c2CNC3)CC1. The second kappa shape index (κ2) is 4.36. The summed E-state index contributed by atoms with van der Waals surface area (Å²) in [5, 5.41) is 3.35. The van der Waals surface area contributed by atoms with E-state index in [2.05, 4.69) is 32.1 Å². The lowest BCUT2D eigenvalue weighted by Crippen LogP contribution is -2.45. The highest BCUT2D eigenvalue weighted by Gasteiger charge is 2.22. The van der Waals surface area contributed by atoms with Crippen LogP contribution in [0.4, 0.5) is 5.82 Å². The van der Waals surface area contributed by atoms with Crippen molar-refractivity contribution in [3.05, 3.63) is 16.0 Å². The molecular formula is C11H17N5S. The lowest BCUT2D eigenvalue weighted by atomic mass is 10.2. The number of rotatable bonds is 1. The molecule has 0 amide bonds. The van der Waals surface area contributed by atoms with Gasteiger partial charge in [-0.05, 0) is 19.3 Å². The Morgan fingerprint density at radius 1 is 1.18 bits per heavy atom. The summed E-state index contributed by atoms with van der Waals surface area (Å²) in [6.07, 6.45) is 0. The molecule has 0 spiro atoms. The summed E-state index contributed by atoms with van der Waals surface area (Å²) < 4.78 is 0.598. The van der Waals surface area contributed by atoms with Gasteiger partial charge in [-0.1, -0.05) is 0 Å². The molecule has 92 valence electrons. The first-order valence-electron chi connectivity index (χ1n) is 6.00. The van der Waals surface area contributed by atoms with Crippen LogP contribution >= 0.6 is 12.2 Å². The molecule has 2 aliphatic heterocycles. The summed E-state index contributed by atoms with van der Waals surface area (Å²) >= 11 is 5.20. The highest BCUT2D eigenvalue weighted by atomic mass is 32.1. The summed E-state index contributed by atoms with van der Waals surface area (Å²) in [5.41, 5.74) is 2.50. The molecule has 1 fully saturated rings. The highest BCUT2D eigenvalue weighted by molar-refractivity contribution is 7.71. The third-order valence-electron chi connectivity index (χ3n) is 3.51. The number of nitrogens with one attached hydrogen (secondary N) is 2. The average molecular weight is 251 g/mol. The van der Waals surface area contributed by atoms with E-state index >= 15 is 0 Å². The van der Waals surface area contributed by atoms with E-state index in [0.29, 0.717) is 4.77 Å². The Morgan fingerprint density at radius 3 is 2.71 bits per heavy atom. The number of fused-ring (bicyclic) bond motifs is 1. The van der Waals surface area contributed by atoms with Crippen LogP contribution in [0.15, 0.2) is 0 Å². The first kappa shape index (κ1) is 11.1. The van der Waals surface area contributed by atoms with E-state index in [-0.39, 0.29) is 0 Å². The van der Waals surface area contributed by atoms with Crippen molar-refractivity contribution in [2.24, 2.45) is 0 Å². The molecule has 2 aliphatic rings. The van der Waals surface area contributed by atoms with Crippen LogP contribution in [0, 0.1) is 4.77 Å². The number of hydrogen-bond acceptors (Lipinski definition) is 5. The third-order valence-corrected chi connectivity index (χ3v) is 3.70. The van der Waals surface area contributed by atoms with Crippen molar-refractivity contribution in [3.63, 3.8) is 0 Å². The molecule has 0 aromatic carbocycles. The lowest BCUT2D eigenvalue weighted by molar-refractivity contribution is 0.311. The van der Waals surface area contributed by atoms with Crippen molar-refractivity contribution in [2.45, 2.75) is 13.1 Å². The van der Waals surface area contributed by atoms with Gasteiger partial charge in [0, 0.05) is 50.5 Å². The monoisotopic (exact) mass is 251 g/mol. The maximum atomic E-state index is 5.20. The van der Waals surface area contributed by atoms with Crippen LogP contribution in [0.3, 0.4) is 0 Å². The summed E-state index contributed by atoms with van der Waals surface area (Å²) in [5.74, 6) is 1.09. The van der Waals surface area contributed by atoms with Gasteiger partial charge in [0.2, 0.25) is 0 Å². The van der Waals surface area contributed by atoms with Crippen molar-refractivity contribution in [2.75, 3.05) is 38.1 Å². The molecule has 0 bridgehead atoms.